The molecule has 0 aliphatic rings. The molecule has 0 spiro atoms. The zero-order valence-corrected chi connectivity index (χ0v) is 16.3. The average molecular weight is 385 g/mol. The van der Waals surface area contributed by atoms with Crippen LogP contribution in [0.3, 0.4) is 0 Å². The van der Waals surface area contributed by atoms with Gasteiger partial charge in [-0.05, 0) is 60.9 Å². The van der Waals surface area contributed by atoms with Crippen molar-refractivity contribution in [3.8, 4) is 5.75 Å². The third-order valence-corrected chi connectivity index (χ3v) is 4.69. The summed E-state index contributed by atoms with van der Waals surface area (Å²) in [6.07, 6.45) is 1.72. The largest absolute Gasteiger partial charge is 0.484 e. The van der Waals surface area contributed by atoms with E-state index in [2.05, 4.69) is 15.3 Å². The molecule has 0 aliphatic heterocycles. The molecular formula is C24H23N3O2. The fourth-order valence-corrected chi connectivity index (χ4v) is 3.19. The van der Waals surface area contributed by atoms with Crippen molar-refractivity contribution in [1.82, 2.24) is 9.97 Å². The van der Waals surface area contributed by atoms with Crippen molar-refractivity contribution in [2.45, 2.75) is 19.8 Å². The maximum absolute atomic E-state index is 12.1. The van der Waals surface area contributed by atoms with Crippen LogP contribution in [0.2, 0.25) is 0 Å². The summed E-state index contributed by atoms with van der Waals surface area (Å²) in [5.41, 5.74) is 5.11. The monoisotopic (exact) mass is 385 g/mol. The number of hydrogen-bond acceptors (Lipinski definition) is 3. The molecule has 0 radical (unpaired) electrons. The van der Waals surface area contributed by atoms with Gasteiger partial charge in [0, 0.05) is 12.1 Å². The molecule has 0 bridgehead atoms. The second kappa shape index (κ2) is 8.61. The summed E-state index contributed by atoms with van der Waals surface area (Å²) in [7, 11) is 0. The lowest BCUT2D eigenvalue weighted by Crippen LogP contribution is -2.20. The number of ether oxygens (including phenoxy) is 1. The molecule has 0 atom stereocenters. The maximum Gasteiger partial charge on any atom is 0.262 e. The number of rotatable bonds is 7. The molecule has 0 fully saturated rings. The number of fused-ring (bicyclic) bond motifs is 1. The minimum atomic E-state index is -0.179. The fourth-order valence-electron chi connectivity index (χ4n) is 3.19. The Kier molecular flexibility index (Phi) is 5.56. The van der Waals surface area contributed by atoms with Gasteiger partial charge in [0.15, 0.2) is 6.61 Å². The van der Waals surface area contributed by atoms with Crippen LogP contribution in [0.25, 0.3) is 11.0 Å². The van der Waals surface area contributed by atoms with Gasteiger partial charge < -0.3 is 15.0 Å². The molecule has 1 aromatic heterocycles. The predicted octanol–water partition coefficient (Wildman–Crippen LogP) is 4.67. The molecule has 146 valence electrons. The van der Waals surface area contributed by atoms with Crippen LogP contribution in [-0.4, -0.2) is 22.5 Å². The van der Waals surface area contributed by atoms with Gasteiger partial charge in [-0.1, -0.05) is 36.4 Å². The first-order chi connectivity index (χ1) is 14.2. The lowest BCUT2D eigenvalue weighted by molar-refractivity contribution is -0.118. The van der Waals surface area contributed by atoms with Crippen molar-refractivity contribution in [3.63, 3.8) is 0 Å². The summed E-state index contributed by atoms with van der Waals surface area (Å²) in [6, 6.07) is 23.6. The third-order valence-electron chi connectivity index (χ3n) is 4.69. The zero-order valence-electron chi connectivity index (χ0n) is 16.3. The number of imidazole rings is 1. The van der Waals surface area contributed by atoms with Gasteiger partial charge in [0.2, 0.25) is 0 Å². The third kappa shape index (κ3) is 5.02. The Morgan fingerprint density at radius 1 is 1.00 bits per heavy atom. The van der Waals surface area contributed by atoms with Crippen molar-refractivity contribution in [2.75, 3.05) is 11.9 Å². The predicted molar refractivity (Wildman–Crippen MR) is 115 cm³/mol. The maximum atomic E-state index is 12.1. The number of aromatic amines is 1. The van der Waals surface area contributed by atoms with Crippen LogP contribution in [0.15, 0.2) is 72.8 Å². The highest BCUT2D eigenvalue weighted by Crippen LogP contribution is 2.15. The number of amides is 1. The average Bonchev–Trinajstić information content (AvgIpc) is 3.15. The fraction of sp³-hybridized carbons (Fsp3) is 0.167. The number of hydrogen-bond donors (Lipinski definition) is 2. The number of H-pyrrole nitrogens is 1. The number of anilines is 1. The van der Waals surface area contributed by atoms with E-state index in [1.807, 2.05) is 79.7 Å². The molecule has 0 saturated carbocycles. The van der Waals surface area contributed by atoms with E-state index in [1.54, 1.807) is 0 Å². The second-order valence-corrected chi connectivity index (χ2v) is 7.05. The molecule has 4 aromatic rings. The van der Waals surface area contributed by atoms with Gasteiger partial charge in [-0.3, -0.25) is 4.79 Å². The van der Waals surface area contributed by atoms with Crippen LogP contribution in [0.5, 0.6) is 5.75 Å². The first-order valence-corrected chi connectivity index (χ1v) is 9.67. The van der Waals surface area contributed by atoms with E-state index in [0.717, 1.165) is 41.0 Å². The van der Waals surface area contributed by atoms with Gasteiger partial charge in [0.25, 0.3) is 5.91 Å². The van der Waals surface area contributed by atoms with Crippen LogP contribution in [0.4, 0.5) is 5.69 Å². The van der Waals surface area contributed by atoms with Crippen LogP contribution >= 0.6 is 0 Å². The summed E-state index contributed by atoms with van der Waals surface area (Å²) < 4.78 is 5.53. The molecule has 3 aromatic carbocycles. The van der Waals surface area contributed by atoms with Crippen LogP contribution < -0.4 is 10.1 Å². The molecule has 1 heterocycles. The molecule has 2 N–H and O–H groups in total. The van der Waals surface area contributed by atoms with Crippen molar-refractivity contribution in [2.24, 2.45) is 0 Å². The number of nitrogens with zero attached hydrogens (tertiary/aromatic N) is 1. The quantitative estimate of drug-likeness (QED) is 0.486. The van der Waals surface area contributed by atoms with E-state index < -0.39 is 0 Å². The van der Waals surface area contributed by atoms with E-state index in [1.165, 1.54) is 5.56 Å². The number of nitrogens with one attached hydrogen (secondary N) is 2. The molecule has 0 aliphatic carbocycles. The van der Waals surface area contributed by atoms with Crippen molar-refractivity contribution in [3.05, 3.63) is 89.7 Å². The summed E-state index contributed by atoms with van der Waals surface area (Å²) in [5, 5.41) is 2.86. The summed E-state index contributed by atoms with van der Waals surface area (Å²) in [6.45, 7) is 1.97. The van der Waals surface area contributed by atoms with Gasteiger partial charge in [-0.15, -0.1) is 0 Å². The smallest absolute Gasteiger partial charge is 0.262 e. The topological polar surface area (TPSA) is 67.0 Å². The van der Waals surface area contributed by atoms with Crippen molar-refractivity contribution in [1.29, 1.82) is 0 Å². The van der Waals surface area contributed by atoms with Gasteiger partial charge in [0.05, 0.1) is 11.0 Å². The number of aryl methyl sites for hydroxylation is 3. The molecule has 4 rings (SSSR count). The Hall–Kier alpha value is -3.60. The first kappa shape index (κ1) is 18.7. The highest BCUT2D eigenvalue weighted by Gasteiger charge is 2.06. The minimum Gasteiger partial charge on any atom is -0.484 e. The number of carbonyl (C=O) groups is 1. The Morgan fingerprint density at radius 3 is 2.62 bits per heavy atom. The van der Waals surface area contributed by atoms with E-state index in [9.17, 15) is 4.79 Å². The summed E-state index contributed by atoms with van der Waals surface area (Å²) in [5.74, 6) is 1.50. The molecule has 1 amide bonds. The highest BCUT2D eigenvalue weighted by molar-refractivity contribution is 5.91. The van der Waals surface area contributed by atoms with E-state index in [0.29, 0.717) is 5.75 Å². The molecule has 0 saturated heterocycles. The Balaban J connectivity index is 1.27. The number of para-hydroxylation sites is 2. The number of aromatic nitrogens is 2. The Labute approximate surface area is 169 Å². The zero-order chi connectivity index (χ0) is 20.1. The van der Waals surface area contributed by atoms with Crippen molar-refractivity contribution < 1.29 is 9.53 Å². The molecular weight excluding hydrogens is 362 g/mol. The Bertz CT molecular complexity index is 1080. The van der Waals surface area contributed by atoms with Crippen LogP contribution in [0, 0.1) is 6.92 Å². The van der Waals surface area contributed by atoms with Crippen LogP contribution in [0.1, 0.15) is 17.0 Å². The minimum absolute atomic E-state index is 0.0166. The van der Waals surface area contributed by atoms with E-state index >= 15 is 0 Å². The van der Waals surface area contributed by atoms with Gasteiger partial charge in [-0.2, -0.15) is 0 Å². The molecule has 29 heavy (non-hydrogen) atoms. The lowest BCUT2D eigenvalue weighted by Gasteiger charge is -2.08. The molecule has 5 heteroatoms. The highest BCUT2D eigenvalue weighted by atomic mass is 16.5. The molecule has 0 unspecified atom stereocenters. The summed E-state index contributed by atoms with van der Waals surface area (Å²) in [4.78, 5) is 20.1. The molecule has 5 nitrogen and oxygen atoms in total. The van der Waals surface area contributed by atoms with E-state index in [4.69, 9.17) is 4.74 Å². The number of carbonyl (C=O) groups excluding carboxylic acids is 1. The summed E-state index contributed by atoms with van der Waals surface area (Å²) >= 11 is 0. The van der Waals surface area contributed by atoms with E-state index in [-0.39, 0.29) is 12.5 Å². The second-order valence-electron chi connectivity index (χ2n) is 7.05. The Morgan fingerprint density at radius 2 is 1.83 bits per heavy atom. The van der Waals surface area contributed by atoms with Gasteiger partial charge in [0.1, 0.15) is 11.6 Å². The first-order valence-electron chi connectivity index (χ1n) is 9.67. The van der Waals surface area contributed by atoms with Crippen molar-refractivity contribution >= 4 is 22.6 Å². The standard InChI is InChI=1S/C24H23N3O2/c1-17-5-4-6-20(15-17)29-16-24(28)25-19-12-9-18(10-13-19)11-14-23-26-21-7-2-3-8-22(21)27-23/h2-10,12-13,15H,11,14,16H2,1H3,(H,25,28)(H,26,27). The van der Waals surface area contributed by atoms with Gasteiger partial charge >= 0.3 is 0 Å². The SMILES string of the molecule is Cc1cccc(OCC(=O)Nc2ccc(CCc3nc4ccccc4[nH]3)cc2)c1. The van der Waals surface area contributed by atoms with Gasteiger partial charge in [-0.25, -0.2) is 4.98 Å². The van der Waals surface area contributed by atoms with Crippen LogP contribution in [-0.2, 0) is 17.6 Å². The normalized spacial score (nSPS) is 10.8. The number of benzene rings is 3. The lowest BCUT2D eigenvalue weighted by atomic mass is 10.1.